The number of hydrogen-bond donors (Lipinski definition) is 2. The average Bonchev–Trinajstić information content (AvgIpc) is 2.27. The Kier molecular flexibility index (Phi) is 5.50. The number of sulfone groups is 1. The van der Waals surface area contributed by atoms with Crippen LogP contribution in [0.5, 0.6) is 0 Å². The molecule has 0 spiro atoms. The van der Waals surface area contributed by atoms with Gasteiger partial charge in [0.1, 0.15) is 9.84 Å². The number of nitrogens with two attached hydrogens (primary N) is 1. The van der Waals surface area contributed by atoms with Crippen LogP contribution in [-0.4, -0.2) is 38.4 Å². The summed E-state index contributed by atoms with van der Waals surface area (Å²) >= 11 is 0. The average molecular weight is 284 g/mol. The second-order valence-electron chi connectivity index (χ2n) is 4.80. The Balaban J connectivity index is 2.49. The van der Waals surface area contributed by atoms with E-state index in [2.05, 4.69) is 5.32 Å². The van der Waals surface area contributed by atoms with Crippen LogP contribution in [0.25, 0.3) is 0 Å². The first-order valence-electron chi connectivity index (χ1n) is 6.05. The van der Waals surface area contributed by atoms with Gasteiger partial charge in [-0.1, -0.05) is 30.3 Å². The van der Waals surface area contributed by atoms with Crippen molar-refractivity contribution in [2.45, 2.75) is 25.4 Å². The molecule has 0 saturated heterocycles. The molecule has 0 aliphatic heterocycles. The van der Waals surface area contributed by atoms with Crippen LogP contribution in [0.15, 0.2) is 30.3 Å². The first kappa shape index (κ1) is 15.7. The molecule has 106 valence electrons. The third-order valence-corrected chi connectivity index (χ3v) is 3.68. The summed E-state index contributed by atoms with van der Waals surface area (Å²) in [4.78, 5) is 11.8. The van der Waals surface area contributed by atoms with Gasteiger partial charge in [0.05, 0.1) is 11.8 Å². The van der Waals surface area contributed by atoms with Crippen molar-refractivity contribution < 1.29 is 13.2 Å². The van der Waals surface area contributed by atoms with E-state index in [1.807, 2.05) is 30.3 Å². The highest BCUT2D eigenvalue weighted by molar-refractivity contribution is 7.90. The fraction of sp³-hybridized carbons (Fsp3) is 0.462. The van der Waals surface area contributed by atoms with E-state index in [-0.39, 0.29) is 11.7 Å². The zero-order valence-corrected chi connectivity index (χ0v) is 12.0. The largest absolute Gasteiger partial charge is 0.351 e. The molecule has 0 fully saturated rings. The molecule has 0 aromatic heterocycles. The number of carbonyl (C=O) groups excluding carboxylic acids is 1. The minimum absolute atomic E-state index is 0.0865. The SMILES string of the molecule is CC(CS(C)(=O)=O)NC(=O)C(N)Cc1ccccc1. The Labute approximate surface area is 114 Å². The smallest absolute Gasteiger partial charge is 0.237 e. The highest BCUT2D eigenvalue weighted by atomic mass is 32.2. The van der Waals surface area contributed by atoms with Crippen LogP contribution in [0, 0.1) is 0 Å². The molecule has 1 rings (SSSR count). The third-order valence-electron chi connectivity index (χ3n) is 2.58. The van der Waals surface area contributed by atoms with Gasteiger partial charge in [0, 0.05) is 12.3 Å². The van der Waals surface area contributed by atoms with Gasteiger partial charge in [-0.25, -0.2) is 8.42 Å². The number of nitrogens with one attached hydrogen (secondary N) is 1. The molecule has 5 nitrogen and oxygen atoms in total. The predicted octanol–water partition coefficient (Wildman–Crippen LogP) is 0.106. The summed E-state index contributed by atoms with van der Waals surface area (Å²) in [6.45, 7) is 1.65. The van der Waals surface area contributed by atoms with Crippen molar-refractivity contribution in [3.63, 3.8) is 0 Å². The molecule has 2 unspecified atom stereocenters. The van der Waals surface area contributed by atoms with Crippen molar-refractivity contribution in [2.24, 2.45) is 5.73 Å². The van der Waals surface area contributed by atoms with Crippen molar-refractivity contribution in [1.29, 1.82) is 0 Å². The lowest BCUT2D eigenvalue weighted by molar-refractivity contribution is -0.122. The summed E-state index contributed by atoms with van der Waals surface area (Å²) in [6.07, 6.45) is 1.57. The molecule has 0 saturated carbocycles. The van der Waals surface area contributed by atoms with E-state index in [1.165, 1.54) is 0 Å². The van der Waals surface area contributed by atoms with Crippen molar-refractivity contribution in [3.05, 3.63) is 35.9 Å². The Bertz CT molecular complexity index is 514. The number of amides is 1. The maximum Gasteiger partial charge on any atom is 0.237 e. The molecule has 3 N–H and O–H groups in total. The number of benzene rings is 1. The van der Waals surface area contributed by atoms with Gasteiger partial charge in [-0.05, 0) is 18.9 Å². The zero-order valence-electron chi connectivity index (χ0n) is 11.2. The van der Waals surface area contributed by atoms with Crippen molar-refractivity contribution in [1.82, 2.24) is 5.32 Å². The molecule has 1 aromatic rings. The standard InChI is InChI=1S/C13H20N2O3S/c1-10(9-19(2,17)18)15-13(16)12(14)8-11-6-4-3-5-7-11/h3-7,10,12H,8-9,14H2,1-2H3,(H,15,16). The van der Waals surface area contributed by atoms with E-state index < -0.39 is 21.9 Å². The topological polar surface area (TPSA) is 89.3 Å². The second-order valence-corrected chi connectivity index (χ2v) is 6.98. The summed E-state index contributed by atoms with van der Waals surface area (Å²) < 4.78 is 22.2. The van der Waals surface area contributed by atoms with Gasteiger partial charge in [-0.3, -0.25) is 4.79 Å². The van der Waals surface area contributed by atoms with Gasteiger partial charge in [-0.15, -0.1) is 0 Å². The lowest BCUT2D eigenvalue weighted by atomic mass is 10.1. The fourth-order valence-electron chi connectivity index (χ4n) is 1.81. The molecular formula is C13H20N2O3S. The van der Waals surface area contributed by atoms with Crippen molar-refractivity contribution >= 4 is 15.7 Å². The molecule has 19 heavy (non-hydrogen) atoms. The number of rotatable bonds is 6. The van der Waals surface area contributed by atoms with Gasteiger partial charge in [0.25, 0.3) is 0 Å². The molecular weight excluding hydrogens is 264 g/mol. The van der Waals surface area contributed by atoms with Crippen molar-refractivity contribution in [2.75, 3.05) is 12.0 Å². The normalized spacial score (nSPS) is 14.7. The van der Waals surface area contributed by atoms with E-state index in [1.54, 1.807) is 6.92 Å². The third kappa shape index (κ3) is 6.35. The summed E-state index contributed by atoms with van der Waals surface area (Å²) in [6, 6.07) is 8.33. The lowest BCUT2D eigenvalue weighted by Crippen LogP contribution is -2.47. The minimum Gasteiger partial charge on any atom is -0.351 e. The van der Waals surface area contributed by atoms with Crippen molar-refractivity contribution in [3.8, 4) is 0 Å². The Morgan fingerprint density at radius 2 is 1.89 bits per heavy atom. The molecule has 6 heteroatoms. The molecule has 0 aliphatic rings. The summed E-state index contributed by atoms with van der Waals surface area (Å²) in [7, 11) is -3.11. The Morgan fingerprint density at radius 3 is 2.42 bits per heavy atom. The van der Waals surface area contributed by atoms with E-state index in [0.29, 0.717) is 6.42 Å². The molecule has 2 atom stereocenters. The lowest BCUT2D eigenvalue weighted by Gasteiger charge is -2.17. The van der Waals surface area contributed by atoms with Gasteiger partial charge in [0.2, 0.25) is 5.91 Å². The summed E-state index contributed by atoms with van der Waals surface area (Å²) in [5.74, 6) is -0.420. The zero-order chi connectivity index (χ0) is 14.5. The minimum atomic E-state index is -3.11. The van der Waals surface area contributed by atoms with Crippen LogP contribution in [0.2, 0.25) is 0 Å². The molecule has 0 bridgehead atoms. The van der Waals surface area contributed by atoms with E-state index in [0.717, 1.165) is 11.8 Å². The first-order chi connectivity index (χ1) is 8.78. The molecule has 0 heterocycles. The molecule has 1 aromatic carbocycles. The first-order valence-corrected chi connectivity index (χ1v) is 8.11. The van der Waals surface area contributed by atoms with Crippen LogP contribution in [0.1, 0.15) is 12.5 Å². The monoisotopic (exact) mass is 284 g/mol. The molecule has 0 radical (unpaired) electrons. The summed E-state index contributed by atoms with van der Waals surface area (Å²) in [5, 5.41) is 2.61. The highest BCUT2D eigenvalue weighted by Gasteiger charge is 2.18. The van der Waals surface area contributed by atoms with E-state index >= 15 is 0 Å². The Hall–Kier alpha value is -1.40. The van der Waals surface area contributed by atoms with E-state index in [4.69, 9.17) is 5.73 Å². The van der Waals surface area contributed by atoms with E-state index in [9.17, 15) is 13.2 Å². The molecule has 0 aliphatic carbocycles. The van der Waals surface area contributed by atoms with Crippen LogP contribution < -0.4 is 11.1 Å². The van der Waals surface area contributed by atoms with Gasteiger partial charge < -0.3 is 11.1 Å². The van der Waals surface area contributed by atoms with Crippen LogP contribution in [0.4, 0.5) is 0 Å². The Morgan fingerprint density at radius 1 is 1.32 bits per heavy atom. The van der Waals surface area contributed by atoms with Gasteiger partial charge >= 0.3 is 0 Å². The van der Waals surface area contributed by atoms with Gasteiger partial charge in [-0.2, -0.15) is 0 Å². The fourth-order valence-corrected chi connectivity index (χ4v) is 2.80. The molecule has 1 amide bonds. The van der Waals surface area contributed by atoms with Crippen LogP contribution in [-0.2, 0) is 21.1 Å². The highest BCUT2D eigenvalue weighted by Crippen LogP contribution is 2.02. The number of carbonyl (C=O) groups is 1. The number of hydrogen-bond acceptors (Lipinski definition) is 4. The predicted molar refractivity (Wildman–Crippen MR) is 75.4 cm³/mol. The van der Waals surface area contributed by atoms with Crippen LogP contribution in [0.3, 0.4) is 0 Å². The van der Waals surface area contributed by atoms with Crippen LogP contribution >= 0.6 is 0 Å². The summed E-state index contributed by atoms with van der Waals surface area (Å²) in [5.41, 5.74) is 6.77. The maximum absolute atomic E-state index is 11.8. The quantitative estimate of drug-likeness (QED) is 0.775. The van der Waals surface area contributed by atoms with Gasteiger partial charge in [0.15, 0.2) is 0 Å². The maximum atomic E-state index is 11.8. The second kappa shape index (κ2) is 6.68.